The third-order valence-corrected chi connectivity index (χ3v) is 14.9. The summed E-state index contributed by atoms with van der Waals surface area (Å²) in [5.74, 6) is 0. The molecule has 0 spiro atoms. The summed E-state index contributed by atoms with van der Waals surface area (Å²) in [6.07, 6.45) is 0. The van der Waals surface area contributed by atoms with Crippen LogP contribution in [0.1, 0.15) is 0 Å². The van der Waals surface area contributed by atoms with E-state index in [-0.39, 0.29) is 0 Å². The minimum absolute atomic E-state index is 0.897. The quantitative estimate of drug-likeness (QED) is 0.183. The standard InChI is InChI=1S/C46H26N2O2S/c1-5-13-38-30(9-1)34-21-17-27-18-22-35-31-10-2-6-14-39(31)48-46(35)44(27)45(34)47(38)51(48,28-19-23-42-36(25-28)32-11-3-7-15-40(32)49-42)29-20-24-43-37(26-29)33-12-4-8-16-41(33)50-43/h1-26H. The number of furan rings is 2. The van der Waals surface area contributed by atoms with Crippen LogP contribution in [0.2, 0.25) is 0 Å². The summed E-state index contributed by atoms with van der Waals surface area (Å²) in [5.41, 5.74) is 8.64. The third-order valence-electron chi connectivity index (χ3n) is 11.2. The fourth-order valence-corrected chi connectivity index (χ4v) is 13.3. The summed E-state index contributed by atoms with van der Waals surface area (Å²) in [5, 5.41) is 12.2. The predicted molar refractivity (Wildman–Crippen MR) is 212 cm³/mol. The molecule has 0 saturated heterocycles. The zero-order valence-electron chi connectivity index (χ0n) is 27.1. The summed E-state index contributed by atoms with van der Waals surface area (Å²) in [6.45, 7) is 0. The topological polar surface area (TPSA) is 36.1 Å². The minimum Gasteiger partial charge on any atom is -0.456 e. The van der Waals surface area contributed by atoms with Gasteiger partial charge in [0.25, 0.3) is 0 Å². The molecule has 0 amide bonds. The zero-order chi connectivity index (χ0) is 33.0. The van der Waals surface area contributed by atoms with Gasteiger partial charge < -0.3 is 8.83 Å². The Kier molecular flexibility index (Phi) is 4.68. The molecule has 0 atom stereocenters. The lowest BCUT2D eigenvalue weighted by Gasteiger charge is -2.47. The number of aromatic nitrogens is 2. The van der Waals surface area contributed by atoms with Crippen molar-refractivity contribution < 1.29 is 8.83 Å². The van der Waals surface area contributed by atoms with Gasteiger partial charge in [-0.15, -0.1) is 0 Å². The number of benzene rings is 8. The molecular formula is C46H26N2O2S. The van der Waals surface area contributed by atoms with Gasteiger partial charge in [0.15, 0.2) is 0 Å². The fraction of sp³-hybridized carbons (Fsp3) is 0. The van der Waals surface area contributed by atoms with Gasteiger partial charge >= 0.3 is 0 Å². The lowest BCUT2D eigenvalue weighted by molar-refractivity contribution is 0.668. The van der Waals surface area contributed by atoms with Gasteiger partial charge in [-0.1, -0.05) is 97.1 Å². The van der Waals surface area contributed by atoms with E-state index < -0.39 is 10.4 Å². The third kappa shape index (κ3) is 3.03. The summed E-state index contributed by atoms with van der Waals surface area (Å²) < 4.78 is 18.3. The molecule has 4 aromatic heterocycles. The van der Waals surface area contributed by atoms with E-state index in [1.807, 2.05) is 12.1 Å². The van der Waals surface area contributed by atoms with Gasteiger partial charge in [0.2, 0.25) is 0 Å². The van der Waals surface area contributed by atoms with Crippen LogP contribution in [0, 0.1) is 0 Å². The number of hydrogen-bond donors (Lipinski definition) is 0. The molecule has 4 nitrogen and oxygen atoms in total. The Morgan fingerprint density at radius 1 is 0.353 bits per heavy atom. The molecule has 8 aromatic carbocycles. The van der Waals surface area contributed by atoms with E-state index in [2.05, 4.69) is 154 Å². The first-order chi connectivity index (χ1) is 25.3. The van der Waals surface area contributed by atoms with E-state index in [9.17, 15) is 0 Å². The lowest BCUT2D eigenvalue weighted by atomic mass is 10.0. The second-order valence-electron chi connectivity index (χ2n) is 13.7. The van der Waals surface area contributed by atoms with E-state index in [1.54, 1.807) is 0 Å². The predicted octanol–water partition coefficient (Wildman–Crippen LogP) is 13.3. The average molecular weight is 671 g/mol. The molecule has 13 rings (SSSR count). The molecule has 0 saturated carbocycles. The molecule has 0 aliphatic carbocycles. The zero-order valence-corrected chi connectivity index (χ0v) is 27.9. The Hall–Kier alpha value is -6.43. The largest absolute Gasteiger partial charge is 0.456 e. The SMILES string of the molecule is c1ccc2c(c1)oc1ccc(S3(c4ccc5oc6ccccc6c5c4)n4c5ccccc5c5ccc6ccc7c8ccccc8n3c7c6c54)cc12. The maximum atomic E-state index is 6.44. The lowest BCUT2D eigenvalue weighted by Crippen LogP contribution is -2.22. The van der Waals surface area contributed by atoms with E-state index in [0.717, 1.165) is 43.9 Å². The van der Waals surface area contributed by atoms with Crippen LogP contribution in [0.4, 0.5) is 0 Å². The van der Waals surface area contributed by atoms with Gasteiger partial charge in [-0.25, -0.2) is 0 Å². The molecular weight excluding hydrogens is 645 g/mol. The van der Waals surface area contributed by atoms with Gasteiger partial charge in [0.1, 0.15) is 22.3 Å². The highest BCUT2D eigenvalue weighted by atomic mass is 32.3. The van der Waals surface area contributed by atoms with Gasteiger partial charge in [0.05, 0.1) is 22.1 Å². The highest BCUT2D eigenvalue weighted by molar-refractivity contribution is 8.31. The average Bonchev–Trinajstić information content (AvgIpc) is 3.94. The number of hydrogen-bond acceptors (Lipinski definition) is 2. The molecule has 1 aliphatic heterocycles. The van der Waals surface area contributed by atoms with E-state index in [0.29, 0.717) is 0 Å². The molecule has 0 radical (unpaired) electrons. The van der Waals surface area contributed by atoms with Crippen molar-refractivity contribution in [3.8, 4) is 0 Å². The molecule has 0 unspecified atom stereocenters. The van der Waals surface area contributed by atoms with Crippen LogP contribution in [0.3, 0.4) is 0 Å². The van der Waals surface area contributed by atoms with Crippen LogP contribution in [0.25, 0.3) is 98.3 Å². The Morgan fingerprint density at radius 2 is 0.784 bits per heavy atom. The summed E-state index contributed by atoms with van der Waals surface area (Å²) in [6, 6.07) is 57.9. The van der Waals surface area contributed by atoms with Crippen molar-refractivity contribution in [3.05, 3.63) is 158 Å². The van der Waals surface area contributed by atoms with Crippen LogP contribution >= 0.6 is 10.4 Å². The van der Waals surface area contributed by atoms with E-state index in [4.69, 9.17) is 8.83 Å². The van der Waals surface area contributed by atoms with E-state index in [1.165, 1.54) is 64.2 Å². The number of para-hydroxylation sites is 4. The Bertz CT molecular complexity index is 3270. The molecule has 12 aromatic rings. The molecule has 0 N–H and O–H groups in total. The molecule has 5 heteroatoms. The van der Waals surface area contributed by atoms with Crippen molar-refractivity contribution >= 4 is 109 Å². The minimum atomic E-state index is -2.31. The normalized spacial score (nSPS) is 14.7. The Morgan fingerprint density at radius 3 is 1.29 bits per heavy atom. The number of fused-ring (bicyclic) bond motifs is 12. The second-order valence-corrected chi connectivity index (χ2v) is 16.5. The summed E-state index contributed by atoms with van der Waals surface area (Å²) in [4.78, 5) is 2.48. The molecule has 0 bridgehead atoms. The Labute approximate surface area is 291 Å². The van der Waals surface area contributed by atoms with Gasteiger partial charge in [-0.05, 0) is 76.5 Å². The summed E-state index contributed by atoms with van der Waals surface area (Å²) in [7, 11) is -2.31. The van der Waals surface area contributed by atoms with Crippen molar-refractivity contribution in [3.63, 3.8) is 0 Å². The molecule has 0 fully saturated rings. The smallest absolute Gasteiger partial charge is 0.135 e. The molecule has 5 heterocycles. The van der Waals surface area contributed by atoms with Crippen LogP contribution in [-0.4, -0.2) is 7.94 Å². The van der Waals surface area contributed by atoms with Crippen LogP contribution in [0.5, 0.6) is 0 Å². The van der Waals surface area contributed by atoms with Crippen LogP contribution < -0.4 is 0 Å². The van der Waals surface area contributed by atoms with Crippen LogP contribution in [0.15, 0.2) is 176 Å². The molecule has 51 heavy (non-hydrogen) atoms. The highest BCUT2D eigenvalue weighted by Gasteiger charge is 2.42. The fourth-order valence-electron chi connectivity index (χ4n) is 9.19. The van der Waals surface area contributed by atoms with Crippen molar-refractivity contribution in [1.82, 2.24) is 7.94 Å². The van der Waals surface area contributed by atoms with E-state index >= 15 is 0 Å². The first-order valence-corrected chi connectivity index (χ1v) is 18.9. The van der Waals surface area contributed by atoms with Gasteiger partial charge in [-0.3, -0.25) is 7.94 Å². The van der Waals surface area contributed by atoms with Crippen molar-refractivity contribution in [2.24, 2.45) is 0 Å². The van der Waals surface area contributed by atoms with Gasteiger partial charge in [0, 0.05) is 58.3 Å². The number of nitrogens with zero attached hydrogens (tertiary/aromatic N) is 2. The summed E-state index contributed by atoms with van der Waals surface area (Å²) >= 11 is 0. The molecule has 1 aliphatic rings. The molecule has 238 valence electrons. The van der Waals surface area contributed by atoms with Gasteiger partial charge in [-0.2, -0.15) is 0 Å². The first kappa shape index (κ1) is 26.4. The monoisotopic (exact) mass is 670 g/mol. The maximum Gasteiger partial charge on any atom is 0.135 e. The van der Waals surface area contributed by atoms with Crippen molar-refractivity contribution in [1.29, 1.82) is 0 Å². The first-order valence-electron chi connectivity index (χ1n) is 17.3. The van der Waals surface area contributed by atoms with Crippen molar-refractivity contribution in [2.75, 3.05) is 0 Å². The second kappa shape index (κ2) is 9.02. The van der Waals surface area contributed by atoms with Crippen molar-refractivity contribution in [2.45, 2.75) is 9.79 Å². The maximum absolute atomic E-state index is 6.44. The number of rotatable bonds is 2. The highest BCUT2D eigenvalue weighted by Crippen LogP contribution is 2.72. The Balaban J connectivity index is 1.34. The van der Waals surface area contributed by atoms with Crippen LogP contribution in [-0.2, 0) is 0 Å².